The molecule has 108 valence electrons. The van der Waals surface area contributed by atoms with Gasteiger partial charge in [-0.15, -0.1) is 0 Å². The van der Waals surface area contributed by atoms with Crippen molar-refractivity contribution in [3.8, 4) is 0 Å². The maximum Gasteiger partial charge on any atom is 0.137 e. The Morgan fingerprint density at radius 2 is 1.50 bits per heavy atom. The fraction of sp³-hybridized carbons (Fsp3) is 0.583. The van der Waals surface area contributed by atoms with Gasteiger partial charge in [0.05, 0.1) is 6.33 Å². The van der Waals surface area contributed by atoms with Crippen LogP contribution in [0.25, 0.3) is 0 Å². The van der Waals surface area contributed by atoms with Crippen LogP contribution in [0.5, 0.6) is 0 Å². The second-order valence-corrected chi connectivity index (χ2v) is 2.71. The number of hydrogen-bond donors (Lipinski definition) is 0. The second-order valence-electron chi connectivity index (χ2n) is 2.71. The van der Waals surface area contributed by atoms with Gasteiger partial charge in [0, 0.05) is 40.7 Å². The number of ether oxygens (including phenoxy) is 1. The standard InChI is InChI=1S/C4H6N2.C3H5N3.C2H6O.3CH4/c1-6-3-2-5-4-6;1-6-3-4-2-5-6;1-3-2;;;/h2-4H,1H3;2-3H,1H3;1-2H3;3*1H4. The molecule has 0 fully saturated rings. The van der Waals surface area contributed by atoms with E-state index >= 15 is 0 Å². The lowest BCUT2D eigenvalue weighted by Gasteiger charge is -1.76. The van der Waals surface area contributed by atoms with E-state index in [0.29, 0.717) is 0 Å². The van der Waals surface area contributed by atoms with Crippen molar-refractivity contribution in [3.05, 3.63) is 31.4 Å². The lowest BCUT2D eigenvalue weighted by atomic mass is 10.9. The topological polar surface area (TPSA) is 57.8 Å². The highest BCUT2D eigenvalue weighted by Crippen LogP contribution is 1.73. The van der Waals surface area contributed by atoms with Gasteiger partial charge in [0.1, 0.15) is 12.7 Å². The van der Waals surface area contributed by atoms with E-state index < -0.39 is 0 Å². The molecular formula is C12H29N5O. The lowest BCUT2D eigenvalue weighted by molar-refractivity contribution is 0.277. The third-order valence-electron chi connectivity index (χ3n) is 1.17. The van der Waals surface area contributed by atoms with Gasteiger partial charge in [0.2, 0.25) is 0 Å². The molecule has 0 aliphatic carbocycles. The molecule has 6 heteroatoms. The zero-order valence-electron chi connectivity index (χ0n) is 9.53. The van der Waals surface area contributed by atoms with Crippen molar-refractivity contribution in [3.63, 3.8) is 0 Å². The molecule has 2 aromatic heterocycles. The second kappa shape index (κ2) is 17.7. The van der Waals surface area contributed by atoms with Crippen molar-refractivity contribution in [1.29, 1.82) is 0 Å². The molecule has 0 aliphatic rings. The predicted octanol–water partition coefficient (Wildman–Crippen LogP) is 2.41. The average Bonchev–Trinajstić information content (AvgIpc) is 2.81. The maximum atomic E-state index is 4.25. The first-order valence-corrected chi connectivity index (χ1v) is 4.31. The van der Waals surface area contributed by atoms with Crippen LogP contribution in [0.1, 0.15) is 22.3 Å². The van der Waals surface area contributed by atoms with Crippen LogP contribution >= 0.6 is 0 Å². The molecule has 6 nitrogen and oxygen atoms in total. The number of methoxy groups -OCH3 is 1. The highest BCUT2D eigenvalue weighted by molar-refractivity contribution is 4.70. The van der Waals surface area contributed by atoms with Gasteiger partial charge in [-0.25, -0.2) is 9.97 Å². The van der Waals surface area contributed by atoms with Crippen molar-refractivity contribution in [2.45, 2.75) is 22.3 Å². The van der Waals surface area contributed by atoms with Crippen LogP contribution in [-0.2, 0) is 18.8 Å². The van der Waals surface area contributed by atoms with E-state index in [1.807, 2.05) is 24.9 Å². The van der Waals surface area contributed by atoms with Crippen LogP contribution < -0.4 is 0 Å². The summed E-state index contributed by atoms with van der Waals surface area (Å²) in [5.74, 6) is 0. The molecule has 0 radical (unpaired) electrons. The minimum Gasteiger partial charge on any atom is -0.388 e. The molecule has 0 amide bonds. The fourth-order valence-electron chi connectivity index (χ4n) is 0.593. The average molecular weight is 259 g/mol. The summed E-state index contributed by atoms with van der Waals surface area (Å²) in [5, 5.41) is 3.72. The van der Waals surface area contributed by atoms with Crippen molar-refractivity contribution >= 4 is 0 Å². The number of aryl methyl sites for hydroxylation is 2. The Kier molecular flexibility index (Phi) is 24.8. The molecule has 0 atom stereocenters. The van der Waals surface area contributed by atoms with E-state index in [0.717, 1.165) is 0 Å². The van der Waals surface area contributed by atoms with Gasteiger partial charge in [-0.2, -0.15) is 5.10 Å². The first-order chi connectivity index (χ1) is 7.20. The minimum atomic E-state index is 0. The van der Waals surface area contributed by atoms with Gasteiger partial charge in [-0.3, -0.25) is 4.68 Å². The van der Waals surface area contributed by atoms with Gasteiger partial charge >= 0.3 is 0 Å². The van der Waals surface area contributed by atoms with Gasteiger partial charge in [-0.1, -0.05) is 22.3 Å². The molecule has 0 bridgehead atoms. The van der Waals surface area contributed by atoms with Gasteiger partial charge in [0.25, 0.3) is 0 Å². The molecular weight excluding hydrogens is 230 g/mol. The van der Waals surface area contributed by atoms with E-state index in [4.69, 9.17) is 0 Å². The largest absolute Gasteiger partial charge is 0.388 e. The summed E-state index contributed by atoms with van der Waals surface area (Å²) >= 11 is 0. The van der Waals surface area contributed by atoms with Crippen molar-refractivity contribution in [2.75, 3.05) is 14.2 Å². The Bertz CT molecular complexity index is 273. The minimum absolute atomic E-state index is 0. The summed E-state index contributed by atoms with van der Waals surface area (Å²) in [6.45, 7) is 0. The number of imidazole rings is 1. The SMILES string of the molecule is C.C.C.COC.Cn1ccnc1.Cn1cncn1. The summed E-state index contributed by atoms with van der Waals surface area (Å²) in [6, 6.07) is 0. The van der Waals surface area contributed by atoms with Crippen LogP contribution in [0.15, 0.2) is 31.4 Å². The Hall–Kier alpha value is -1.69. The van der Waals surface area contributed by atoms with Gasteiger partial charge in [0.15, 0.2) is 0 Å². The third-order valence-corrected chi connectivity index (χ3v) is 1.17. The monoisotopic (exact) mass is 259 g/mol. The smallest absolute Gasteiger partial charge is 0.137 e. The quantitative estimate of drug-likeness (QED) is 0.729. The molecule has 2 rings (SSSR count). The summed E-state index contributed by atoms with van der Waals surface area (Å²) in [6.07, 6.45) is 8.53. The highest BCUT2D eigenvalue weighted by atomic mass is 16.4. The van der Waals surface area contributed by atoms with Crippen LogP contribution in [0.4, 0.5) is 0 Å². The molecule has 0 spiro atoms. The molecule has 0 aromatic carbocycles. The first-order valence-electron chi connectivity index (χ1n) is 4.31. The first kappa shape index (κ1) is 25.2. The Balaban J connectivity index is -0.0000000793. The highest BCUT2D eigenvalue weighted by Gasteiger charge is 1.70. The van der Waals surface area contributed by atoms with Gasteiger partial charge in [-0.05, 0) is 0 Å². The van der Waals surface area contributed by atoms with Crippen LogP contribution in [0.2, 0.25) is 0 Å². The fourth-order valence-corrected chi connectivity index (χ4v) is 0.593. The number of hydrogen-bond acceptors (Lipinski definition) is 4. The molecule has 0 saturated heterocycles. The molecule has 0 aliphatic heterocycles. The maximum absolute atomic E-state index is 4.25. The molecule has 2 heterocycles. The van der Waals surface area contributed by atoms with Crippen LogP contribution in [0, 0.1) is 0 Å². The molecule has 2 aromatic rings. The van der Waals surface area contributed by atoms with Crippen molar-refractivity contribution in [1.82, 2.24) is 24.3 Å². The van der Waals surface area contributed by atoms with E-state index in [1.54, 1.807) is 37.8 Å². The number of aromatic nitrogens is 5. The Labute approximate surface area is 112 Å². The van der Waals surface area contributed by atoms with Crippen molar-refractivity contribution < 1.29 is 4.74 Å². The summed E-state index contributed by atoms with van der Waals surface area (Å²) in [5.41, 5.74) is 0. The van der Waals surface area contributed by atoms with Crippen molar-refractivity contribution in [2.24, 2.45) is 14.1 Å². The summed E-state index contributed by atoms with van der Waals surface area (Å²) in [7, 11) is 7.01. The molecule has 0 saturated carbocycles. The number of nitrogens with zero attached hydrogens (tertiary/aromatic N) is 5. The van der Waals surface area contributed by atoms with E-state index in [1.165, 1.54) is 6.33 Å². The zero-order valence-corrected chi connectivity index (χ0v) is 9.53. The van der Waals surface area contributed by atoms with E-state index in [2.05, 4.69) is 19.8 Å². The third kappa shape index (κ3) is 16.7. The molecule has 18 heavy (non-hydrogen) atoms. The van der Waals surface area contributed by atoms with E-state index in [9.17, 15) is 0 Å². The Morgan fingerprint density at radius 1 is 0.944 bits per heavy atom. The number of rotatable bonds is 0. The zero-order chi connectivity index (χ0) is 11.5. The Morgan fingerprint density at radius 3 is 1.61 bits per heavy atom. The predicted molar refractivity (Wildman–Crippen MR) is 77.3 cm³/mol. The van der Waals surface area contributed by atoms with Gasteiger partial charge < -0.3 is 9.30 Å². The molecule has 0 unspecified atom stereocenters. The van der Waals surface area contributed by atoms with Crippen LogP contribution in [-0.4, -0.2) is 38.5 Å². The normalized spacial score (nSPS) is 6.89. The summed E-state index contributed by atoms with van der Waals surface area (Å²) in [4.78, 5) is 7.46. The molecule has 0 N–H and O–H groups in total. The van der Waals surface area contributed by atoms with E-state index in [-0.39, 0.29) is 22.3 Å². The summed E-state index contributed by atoms with van der Waals surface area (Å²) < 4.78 is 7.78. The lowest BCUT2D eigenvalue weighted by Crippen LogP contribution is -1.83. The van der Waals surface area contributed by atoms with Crippen LogP contribution in [0.3, 0.4) is 0 Å².